The molecule has 0 aromatic heterocycles. The summed E-state index contributed by atoms with van der Waals surface area (Å²) in [5.74, 6) is 2.42. The molecule has 0 heterocycles. The van der Waals surface area contributed by atoms with Crippen molar-refractivity contribution >= 4 is 0 Å². The summed E-state index contributed by atoms with van der Waals surface area (Å²) in [6.45, 7) is 12.1. The Bertz CT molecular complexity index is 393. The molecule has 1 aromatic rings. The fourth-order valence-electron chi connectivity index (χ4n) is 1.87. The summed E-state index contributed by atoms with van der Waals surface area (Å²) in [6, 6.07) is 6.18. The Labute approximate surface area is 130 Å². The van der Waals surface area contributed by atoms with Crippen molar-refractivity contribution in [3.8, 4) is 11.5 Å². The van der Waals surface area contributed by atoms with Crippen LogP contribution in [0.25, 0.3) is 0 Å². The second-order valence-corrected chi connectivity index (χ2v) is 5.62. The smallest absolute Gasteiger partial charge is 0.127 e. The first-order chi connectivity index (χ1) is 10.2. The number of hydrogen-bond acceptors (Lipinski definition) is 3. The van der Waals surface area contributed by atoms with Crippen LogP contribution in [0.1, 0.15) is 52.5 Å². The van der Waals surface area contributed by atoms with Crippen LogP contribution in [0.3, 0.4) is 0 Å². The molecule has 0 aliphatic rings. The summed E-state index contributed by atoms with van der Waals surface area (Å²) in [4.78, 5) is 0. The molecule has 0 aliphatic carbocycles. The zero-order valence-corrected chi connectivity index (χ0v) is 14.1. The van der Waals surface area contributed by atoms with E-state index < -0.39 is 0 Å². The highest BCUT2D eigenvalue weighted by Gasteiger charge is 2.08. The molecule has 1 rings (SSSR count). The topological polar surface area (TPSA) is 30.5 Å². The van der Waals surface area contributed by atoms with E-state index in [9.17, 15) is 0 Å². The molecule has 0 saturated carbocycles. The fraction of sp³-hybridized carbons (Fsp3) is 0.667. The van der Waals surface area contributed by atoms with Crippen LogP contribution in [0, 0.1) is 5.92 Å². The normalized spacial score (nSPS) is 12.2. The molecule has 1 unspecified atom stereocenters. The fourth-order valence-corrected chi connectivity index (χ4v) is 1.87. The number of hydrogen-bond donors (Lipinski definition) is 1. The minimum Gasteiger partial charge on any atom is -0.493 e. The highest BCUT2D eigenvalue weighted by atomic mass is 16.5. The highest BCUT2D eigenvalue weighted by molar-refractivity contribution is 5.40. The van der Waals surface area contributed by atoms with Crippen molar-refractivity contribution in [1.82, 2.24) is 5.32 Å². The van der Waals surface area contributed by atoms with Crippen molar-refractivity contribution in [3.05, 3.63) is 23.8 Å². The molecule has 1 aromatic carbocycles. The van der Waals surface area contributed by atoms with E-state index >= 15 is 0 Å². The maximum Gasteiger partial charge on any atom is 0.127 e. The van der Waals surface area contributed by atoms with Crippen LogP contribution in [0.5, 0.6) is 11.5 Å². The van der Waals surface area contributed by atoms with E-state index in [1.807, 2.05) is 12.1 Å². The van der Waals surface area contributed by atoms with Crippen LogP contribution >= 0.6 is 0 Å². The van der Waals surface area contributed by atoms with Crippen LogP contribution in [-0.4, -0.2) is 19.8 Å². The lowest BCUT2D eigenvalue weighted by atomic mass is 10.1. The summed E-state index contributed by atoms with van der Waals surface area (Å²) in [7, 11) is 0. The first-order valence-corrected chi connectivity index (χ1v) is 8.30. The molecule has 0 amide bonds. The highest BCUT2D eigenvalue weighted by Crippen LogP contribution is 2.26. The second kappa shape index (κ2) is 10.5. The number of rotatable bonds is 11. The predicted molar refractivity (Wildman–Crippen MR) is 89.2 cm³/mol. The lowest BCUT2D eigenvalue weighted by Crippen LogP contribution is -2.16. The van der Waals surface area contributed by atoms with E-state index in [1.165, 1.54) is 5.56 Å². The van der Waals surface area contributed by atoms with Gasteiger partial charge in [0.25, 0.3) is 0 Å². The third-order valence-corrected chi connectivity index (χ3v) is 3.47. The van der Waals surface area contributed by atoms with Crippen molar-refractivity contribution < 1.29 is 9.47 Å². The van der Waals surface area contributed by atoms with Gasteiger partial charge in [-0.3, -0.25) is 0 Å². The largest absolute Gasteiger partial charge is 0.493 e. The van der Waals surface area contributed by atoms with Gasteiger partial charge in [0.1, 0.15) is 11.5 Å². The molecule has 120 valence electrons. The average Bonchev–Trinajstić information content (AvgIpc) is 2.52. The van der Waals surface area contributed by atoms with Crippen LogP contribution in [0.4, 0.5) is 0 Å². The molecule has 21 heavy (non-hydrogen) atoms. The lowest BCUT2D eigenvalue weighted by Gasteiger charge is -2.16. The summed E-state index contributed by atoms with van der Waals surface area (Å²) in [5.41, 5.74) is 1.20. The molecule has 0 saturated heterocycles. The van der Waals surface area contributed by atoms with E-state index in [4.69, 9.17) is 9.47 Å². The van der Waals surface area contributed by atoms with Gasteiger partial charge in [-0.05, 0) is 31.4 Å². The molecule has 1 atom stereocenters. The molecular formula is C18H31NO2. The van der Waals surface area contributed by atoms with Crippen LogP contribution in [0.15, 0.2) is 18.2 Å². The molecule has 0 aliphatic heterocycles. The first kappa shape index (κ1) is 17.8. The average molecular weight is 293 g/mol. The summed E-state index contributed by atoms with van der Waals surface area (Å²) in [5, 5.41) is 3.44. The molecule has 0 bridgehead atoms. The second-order valence-electron chi connectivity index (χ2n) is 5.62. The zero-order valence-electron chi connectivity index (χ0n) is 14.1. The minimum absolute atomic E-state index is 0.571. The van der Waals surface area contributed by atoms with Crippen LogP contribution in [-0.2, 0) is 6.54 Å². The van der Waals surface area contributed by atoms with Gasteiger partial charge in [0.05, 0.1) is 13.2 Å². The van der Waals surface area contributed by atoms with E-state index in [0.717, 1.165) is 57.1 Å². The predicted octanol–water partition coefficient (Wildman–Crippen LogP) is 4.40. The molecule has 3 nitrogen and oxygen atoms in total. The molecule has 0 radical (unpaired) electrons. The van der Waals surface area contributed by atoms with Gasteiger partial charge in [0, 0.05) is 18.2 Å². The van der Waals surface area contributed by atoms with Gasteiger partial charge in [0.15, 0.2) is 0 Å². The Balaban J connectivity index is 2.73. The van der Waals surface area contributed by atoms with Crippen LogP contribution < -0.4 is 14.8 Å². The Hall–Kier alpha value is -1.22. The Kier molecular flexibility index (Phi) is 8.91. The van der Waals surface area contributed by atoms with Crippen molar-refractivity contribution in [2.24, 2.45) is 5.92 Å². The number of nitrogens with one attached hydrogen (secondary N) is 1. The van der Waals surface area contributed by atoms with Gasteiger partial charge < -0.3 is 14.8 Å². The minimum atomic E-state index is 0.571. The zero-order chi connectivity index (χ0) is 15.5. The third kappa shape index (κ3) is 6.85. The number of ether oxygens (including phenoxy) is 2. The van der Waals surface area contributed by atoms with Gasteiger partial charge in [-0.25, -0.2) is 0 Å². The Morgan fingerprint density at radius 3 is 2.57 bits per heavy atom. The standard InChI is InChI=1S/C18H31NO2/c1-5-10-19-13-16-8-9-17(20-11-6-2)12-18(16)21-14-15(4)7-3/h8-9,12,15,19H,5-7,10-11,13-14H2,1-4H3. The van der Waals surface area contributed by atoms with E-state index in [1.54, 1.807) is 0 Å². The van der Waals surface area contributed by atoms with E-state index in [-0.39, 0.29) is 0 Å². The van der Waals surface area contributed by atoms with E-state index in [2.05, 4.69) is 39.1 Å². The maximum atomic E-state index is 6.02. The summed E-state index contributed by atoms with van der Waals surface area (Å²) >= 11 is 0. The summed E-state index contributed by atoms with van der Waals surface area (Å²) < 4.78 is 11.7. The van der Waals surface area contributed by atoms with Gasteiger partial charge in [-0.1, -0.05) is 40.2 Å². The summed E-state index contributed by atoms with van der Waals surface area (Å²) in [6.07, 6.45) is 3.29. The van der Waals surface area contributed by atoms with Crippen molar-refractivity contribution in [2.75, 3.05) is 19.8 Å². The van der Waals surface area contributed by atoms with Crippen LogP contribution in [0.2, 0.25) is 0 Å². The van der Waals surface area contributed by atoms with Crippen molar-refractivity contribution in [1.29, 1.82) is 0 Å². The van der Waals surface area contributed by atoms with Gasteiger partial charge in [-0.15, -0.1) is 0 Å². The third-order valence-electron chi connectivity index (χ3n) is 3.47. The molecular weight excluding hydrogens is 262 g/mol. The quantitative estimate of drug-likeness (QED) is 0.613. The first-order valence-electron chi connectivity index (χ1n) is 8.30. The van der Waals surface area contributed by atoms with Crippen molar-refractivity contribution in [3.63, 3.8) is 0 Å². The molecule has 0 fully saturated rings. The maximum absolute atomic E-state index is 6.02. The Morgan fingerprint density at radius 1 is 1.10 bits per heavy atom. The SMILES string of the molecule is CCCNCc1ccc(OCCC)cc1OCC(C)CC. The Morgan fingerprint density at radius 2 is 1.90 bits per heavy atom. The molecule has 0 spiro atoms. The molecule has 1 N–H and O–H groups in total. The number of benzene rings is 1. The van der Waals surface area contributed by atoms with Gasteiger partial charge in [0.2, 0.25) is 0 Å². The van der Waals surface area contributed by atoms with Crippen molar-refractivity contribution in [2.45, 2.75) is 53.5 Å². The molecule has 3 heteroatoms. The lowest BCUT2D eigenvalue weighted by molar-refractivity contribution is 0.251. The monoisotopic (exact) mass is 293 g/mol. The van der Waals surface area contributed by atoms with Gasteiger partial charge in [-0.2, -0.15) is 0 Å². The van der Waals surface area contributed by atoms with E-state index in [0.29, 0.717) is 5.92 Å². The van der Waals surface area contributed by atoms with Gasteiger partial charge >= 0.3 is 0 Å².